The first-order chi connectivity index (χ1) is 31.2. The molecule has 12 rings (SSSR count). The normalized spacial score (nSPS) is 11.5. The minimum atomic E-state index is 0.882. The van der Waals surface area contributed by atoms with E-state index in [1.165, 1.54) is 49.6 Å². The van der Waals surface area contributed by atoms with Crippen LogP contribution in [0.1, 0.15) is 0 Å². The summed E-state index contributed by atoms with van der Waals surface area (Å²) in [7, 11) is 0. The van der Waals surface area contributed by atoms with Gasteiger partial charge in [-0.2, -0.15) is 0 Å². The van der Waals surface area contributed by atoms with Gasteiger partial charge in [0.2, 0.25) is 0 Å². The Kier molecular flexibility index (Phi) is 8.83. The number of rotatable bonds is 8. The van der Waals surface area contributed by atoms with Gasteiger partial charge in [0.15, 0.2) is 0 Å². The molecular formula is C60H40N2O. The molecule has 10 aromatic carbocycles. The lowest BCUT2D eigenvalue weighted by Gasteiger charge is -2.28. The average molecular weight is 805 g/mol. The molecule has 2 aromatic heterocycles. The van der Waals surface area contributed by atoms with E-state index in [0.29, 0.717) is 0 Å². The highest BCUT2D eigenvalue weighted by Gasteiger charge is 2.21. The van der Waals surface area contributed by atoms with E-state index in [9.17, 15) is 0 Å². The third-order valence-electron chi connectivity index (χ3n) is 12.4. The minimum absolute atomic E-state index is 0.882. The third-order valence-corrected chi connectivity index (χ3v) is 12.4. The molecule has 12 aromatic rings. The standard InChI is InChI=1S/C60H40N2O/c1-2-15-41(16-3-1)42-31-35-47(36-32-42)61(55-26-8-6-23-52(55)53-25-14-30-59-60(53)54-24-7-11-29-58(54)63-59)48-37-33-43(34-38-48)44-17-12-18-45(39-44)46-19-13-20-49(40-46)62-56-27-9-4-21-50(56)51-22-5-10-28-57(51)62/h1-40H. The van der Waals surface area contributed by atoms with Crippen LogP contribution < -0.4 is 4.90 Å². The lowest BCUT2D eigenvalue weighted by atomic mass is 9.96. The van der Waals surface area contributed by atoms with Crippen LogP contribution in [0, 0.1) is 0 Å². The van der Waals surface area contributed by atoms with E-state index >= 15 is 0 Å². The number of hydrogen-bond acceptors (Lipinski definition) is 2. The van der Waals surface area contributed by atoms with Gasteiger partial charge in [-0.25, -0.2) is 0 Å². The van der Waals surface area contributed by atoms with E-state index in [4.69, 9.17) is 4.42 Å². The molecule has 0 bridgehead atoms. The number of nitrogens with zero attached hydrogens (tertiary/aromatic N) is 2. The van der Waals surface area contributed by atoms with Crippen LogP contribution in [-0.2, 0) is 0 Å². The summed E-state index contributed by atoms with van der Waals surface area (Å²) >= 11 is 0. The van der Waals surface area contributed by atoms with Gasteiger partial charge < -0.3 is 13.9 Å². The van der Waals surface area contributed by atoms with Crippen molar-refractivity contribution in [2.75, 3.05) is 4.90 Å². The Hall–Kier alpha value is -8.40. The van der Waals surface area contributed by atoms with Crippen LogP contribution >= 0.6 is 0 Å². The Balaban J connectivity index is 0.941. The molecule has 0 saturated carbocycles. The zero-order valence-corrected chi connectivity index (χ0v) is 34.4. The summed E-state index contributed by atoms with van der Waals surface area (Å²) in [6.07, 6.45) is 0. The molecule has 0 aliphatic heterocycles. The number of aromatic nitrogens is 1. The summed E-state index contributed by atoms with van der Waals surface area (Å²) in [6.45, 7) is 0. The van der Waals surface area contributed by atoms with Crippen molar-refractivity contribution in [1.82, 2.24) is 4.57 Å². The second-order valence-electron chi connectivity index (χ2n) is 16.1. The molecule has 0 atom stereocenters. The van der Waals surface area contributed by atoms with Gasteiger partial charge >= 0.3 is 0 Å². The molecule has 0 saturated heterocycles. The average Bonchev–Trinajstić information content (AvgIpc) is 3.91. The molecule has 0 aliphatic carbocycles. The van der Waals surface area contributed by atoms with Crippen molar-refractivity contribution < 1.29 is 4.42 Å². The molecule has 0 fully saturated rings. The Morgan fingerprint density at radius 2 is 0.794 bits per heavy atom. The predicted molar refractivity (Wildman–Crippen MR) is 264 cm³/mol. The summed E-state index contributed by atoms with van der Waals surface area (Å²) in [4.78, 5) is 2.38. The van der Waals surface area contributed by atoms with Crippen molar-refractivity contribution >= 4 is 60.8 Å². The van der Waals surface area contributed by atoms with E-state index in [1.807, 2.05) is 12.1 Å². The van der Waals surface area contributed by atoms with Crippen LogP contribution in [0.3, 0.4) is 0 Å². The molecular weight excluding hydrogens is 765 g/mol. The molecule has 3 nitrogen and oxygen atoms in total. The van der Waals surface area contributed by atoms with E-state index in [-0.39, 0.29) is 0 Å². The van der Waals surface area contributed by atoms with E-state index in [1.54, 1.807) is 0 Å². The molecule has 0 unspecified atom stereocenters. The van der Waals surface area contributed by atoms with E-state index in [0.717, 1.165) is 61.4 Å². The van der Waals surface area contributed by atoms with Crippen molar-refractivity contribution in [3.05, 3.63) is 243 Å². The van der Waals surface area contributed by atoms with Gasteiger partial charge in [0.25, 0.3) is 0 Å². The summed E-state index contributed by atoms with van der Waals surface area (Å²) in [5.41, 5.74) is 17.9. The van der Waals surface area contributed by atoms with Gasteiger partial charge in [0.05, 0.1) is 16.7 Å². The van der Waals surface area contributed by atoms with Gasteiger partial charge in [0.1, 0.15) is 11.2 Å². The van der Waals surface area contributed by atoms with Crippen LogP contribution in [0.15, 0.2) is 247 Å². The SMILES string of the molecule is c1ccc(-c2ccc(N(c3ccc(-c4cccc(-c5cccc(-n6c7ccccc7c7ccccc76)c5)c4)cc3)c3ccccc3-c3cccc4oc5ccccc5c34)cc2)cc1. The smallest absolute Gasteiger partial charge is 0.136 e. The van der Waals surface area contributed by atoms with Gasteiger partial charge in [-0.1, -0.05) is 170 Å². The third kappa shape index (κ3) is 6.38. The first-order valence-corrected chi connectivity index (χ1v) is 21.5. The molecule has 0 amide bonds. The molecule has 0 N–H and O–H groups in total. The van der Waals surface area contributed by atoms with Gasteiger partial charge in [-0.05, 0) is 112 Å². The van der Waals surface area contributed by atoms with Crippen molar-refractivity contribution in [2.45, 2.75) is 0 Å². The molecule has 3 heteroatoms. The lowest BCUT2D eigenvalue weighted by molar-refractivity contribution is 0.669. The monoisotopic (exact) mass is 804 g/mol. The molecule has 0 aliphatic rings. The topological polar surface area (TPSA) is 21.3 Å². The van der Waals surface area contributed by atoms with Crippen LogP contribution in [-0.4, -0.2) is 4.57 Å². The van der Waals surface area contributed by atoms with Crippen LogP contribution in [0.5, 0.6) is 0 Å². The Labute approximate surface area is 366 Å². The molecule has 0 radical (unpaired) electrons. The number of anilines is 3. The summed E-state index contributed by atoms with van der Waals surface area (Å²) in [6, 6.07) is 87.1. The highest BCUT2D eigenvalue weighted by Crippen LogP contribution is 2.45. The van der Waals surface area contributed by atoms with Crippen LogP contribution in [0.4, 0.5) is 17.1 Å². The maximum Gasteiger partial charge on any atom is 0.136 e. The van der Waals surface area contributed by atoms with Crippen molar-refractivity contribution in [2.24, 2.45) is 0 Å². The quantitative estimate of drug-likeness (QED) is 0.153. The Morgan fingerprint density at radius 1 is 0.317 bits per heavy atom. The van der Waals surface area contributed by atoms with Gasteiger partial charge in [-0.15, -0.1) is 0 Å². The second-order valence-corrected chi connectivity index (χ2v) is 16.1. The Bertz CT molecular complexity index is 3560. The summed E-state index contributed by atoms with van der Waals surface area (Å²) < 4.78 is 8.75. The zero-order valence-electron chi connectivity index (χ0n) is 34.4. The van der Waals surface area contributed by atoms with E-state index < -0.39 is 0 Å². The van der Waals surface area contributed by atoms with Crippen LogP contribution in [0.25, 0.3) is 93.9 Å². The minimum Gasteiger partial charge on any atom is -0.456 e. The molecule has 2 heterocycles. The number of furan rings is 1. The molecule has 63 heavy (non-hydrogen) atoms. The lowest BCUT2D eigenvalue weighted by Crippen LogP contribution is -2.11. The highest BCUT2D eigenvalue weighted by atomic mass is 16.3. The number of fused-ring (bicyclic) bond motifs is 6. The fourth-order valence-electron chi connectivity index (χ4n) is 9.46. The fourth-order valence-corrected chi connectivity index (χ4v) is 9.46. The largest absolute Gasteiger partial charge is 0.456 e. The number of benzene rings is 10. The highest BCUT2D eigenvalue weighted by molar-refractivity contribution is 6.14. The molecule has 296 valence electrons. The summed E-state index contributed by atoms with van der Waals surface area (Å²) in [5.74, 6) is 0. The zero-order chi connectivity index (χ0) is 41.7. The predicted octanol–water partition coefficient (Wildman–Crippen LogP) is 16.8. The first kappa shape index (κ1) is 36.5. The van der Waals surface area contributed by atoms with E-state index in [2.05, 4.69) is 240 Å². The maximum atomic E-state index is 6.37. The second kappa shape index (κ2) is 15.3. The first-order valence-electron chi connectivity index (χ1n) is 21.5. The van der Waals surface area contributed by atoms with Crippen molar-refractivity contribution in [3.8, 4) is 50.2 Å². The van der Waals surface area contributed by atoms with Gasteiger partial charge in [-0.3, -0.25) is 0 Å². The summed E-state index contributed by atoms with van der Waals surface area (Å²) in [5, 5.41) is 4.76. The van der Waals surface area contributed by atoms with Crippen molar-refractivity contribution in [1.29, 1.82) is 0 Å². The number of hydrogen-bond donors (Lipinski definition) is 0. The van der Waals surface area contributed by atoms with Crippen molar-refractivity contribution in [3.63, 3.8) is 0 Å². The fraction of sp³-hybridized carbons (Fsp3) is 0. The van der Waals surface area contributed by atoms with Crippen LogP contribution in [0.2, 0.25) is 0 Å². The Morgan fingerprint density at radius 3 is 1.51 bits per heavy atom. The maximum absolute atomic E-state index is 6.37. The number of para-hydroxylation sites is 4. The molecule has 0 spiro atoms. The van der Waals surface area contributed by atoms with Gasteiger partial charge in [0, 0.05) is 44.2 Å².